The Kier molecular flexibility index (Phi) is 6.71. The Bertz CT molecular complexity index is 319. The van der Waals surface area contributed by atoms with E-state index in [4.69, 9.17) is 0 Å². The Morgan fingerprint density at radius 2 is 2.05 bits per heavy atom. The van der Waals surface area contributed by atoms with Crippen LogP contribution >= 0.6 is 11.8 Å². The first-order valence-electron chi connectivity index (χ1n) is 8.55. The predicted molar refractivity (Wildman–Crippen MR) is 87.9 cm³/mol. The smallest absolute Gasteiger partial charge is 0.109 e. The Hall–Kier alpha value is -0.200. The maximum atomic E-state index is 9.62. The highest BCUT2D eigenvalue weighted by Gasteiger charge is 2.42. The number of hydrogen-bond acceptors (Lipinski definition) is 3. The van der Waals surface area contributed by atoms with Crippen molar-refractivity contribution in [2.75, 3.05) is 18.1 Å². The van der Waals surface area contributed by atoms with E-state index in [0.29, 0.717) is 5.92 Å². The van der Waals surface area contributed by atoms with Crippen molar-refractivity contribution in [3.63, 3.8) is 0 Å². The zero-order valence-electron chi connectivity index (χ0n) is 13.0. The van der Waals surface area contributed by atoms with Gasteiger partial charge >= 0.3 is 0 Å². The van der Waals surface area contributed by atoms with Crippen molar-refractivity contribution in [3.8, 4) is 6.07 Å². The predicted octanol–water partition coefficient (Wildman–Crippen LogP) is 4.36. The lowest BCUT2D eigenvalue weighted by Gasteiger charge is -2.30. The molecular weight excluding hydrogens is 264 g/mol. The van der Waals surface area contributed by atoms with Crippen LogP contribution in [-0.4, -0.2) is 23.6 Å². The van der Waals surface area contributed by atoms with Crippen LogP contribution in [0.5, 0.6) is 0 Å². The van der Waals surface area contributed by atoms with Gasteiger partial charge in [-0.1, -0.05) is 26.2 Å². The number of nitrogens with zero attached hydrogens (tertiary/aromatic N) is 1. The summed E-state index contributed by atoms with van der Waals surface area (Å²) in [7, 11) is 0. The van der Waals surface area contributed by atoms with Crippen molar-refractivity contribution in [2.45, 2.75) is 70.3 Å². The number of rotatable bonds is 8. The van der Waals surface area contributed by atoms with Gasteiger partial charge < -0.3 is 0 Å². The number of thioether (sulfide) groups is 1. The second kappa shape index (κ2) is 8.29. The summed E-state index contributed by atoms with van der Waals surface area (Å²) < 4.78 is 0. The van der Waals surface area contributed by atoms with Crippen molar-refractivity contribution < 1.29 is 0 Å². The first kappa shape index (κ1) is 16.2. The van der Waals surface area contributed by atoms with Gasteiger partial charge in [0.15, 0.2) is 0 Å². The molecule has 0 aromatic rings. The Morgan fingerprint density at radius 1 is 1.25 bits per heavy atom. The second-order valence-electron chi connectivity index (χ2n) is 6.61. The van der Waals surface area contributed by atoms with Crippen LogP contribution < -0.4 is 5.32 Å². The fourth-order valence-electron chi connectivity index (χ4n) is 3.89. The van der Waals surface area contributed by atoms with Gasteiger partial charge in [0.2, 0.25) is 0 Å². The molecule has 0 spiro atoms. The van der Waals surface area contributed by atoms with Crippen molar-refractivity contribution in [3.05, 3.63) is 0 Å². The molecule has 0 bridgehead atoms. The molecule has 2 nitrogen and oxygen atoms in total. The first-order chi connectivity index (χ1) is 9.80. The molecule has 0 aliphatic heterocycles. The molecule has 0 amide bonds. The Labute approximate surface area is 129 Å². The molecule has 3 heteroatoms. The molecule has 114 valence electrons. The third-order valence-corrected chi connectivity index (χ3v) is 6.38. The van der Waals surface area contributed by atoms with Crippen molar-refractivity contribution in [2.24, 2.45) is 11.8 Å². The van der Waals surface area contributed by atoms with E-state index in [1.54, 1.807) is 0 Å². The molecule has 0 saturated heterocycles. The topological polar surface area (TPSA) is 35.8 Å². The van der Waals surface area contributed by atoms with Gasteiger partial charge in [0.25, 0.3) is 0 Å². The van der Waals surface area contributed by atoms with E-state index in [-0.39, 0.29) is 5.54 Å². The molecule has 0 aromatic heterocycles. The molecular formula is C17H30N2S. The van der Waals surface area contributed by atoms with Gasteiger partial charge in [-0.25, -0.2) is 0 Å². The van der Waals surface area contributed by atoms with Gasteiger partial charge in [-0.2, -0.15) is 17.0 Å². The zero-order chi connectivity index (χ0) is 14.3. The summed E-state index contributed by atoms with van der Waals surface area (Å²) in [6, 6.07) is 2.62. The molecule has 2 unspecified atom stereocenters. The largest absolute Gasteiger partial charge is 0.299 e. The van der Waals surface area contributed by atoms with E-state index >= 15 is 0 Å². The zero-order valence-corrected chi connectivity index (χ0v) is 13.8. The summed E-state index contributed by atoms with van der Waals surface area (Å²) in [6.45, 7) is 3.17. The van der Waals surface area contributed by atoms with Gasteiger partial charge in [-0.05, 0) is 68.4 Å². The van der Waals surface area contributed by atoms with Gasteiger partial charge in [-0.3, -0.25) is 5.32 Å². The van der Waals surface area contributed by atoms with Crippen LogP contribution in [0, 0.1) is 23.2 Å². The summed E-state index contributed by atoms with van der Waals surface area (Å²) in [5.41, 5.74) is -0.204. The highest BCUT2D eigenvalue weighted by molar-refractivity contribution is 7.99. The van der Waals surface area contributed by atoms with Gasteiger partial charge in [-0.15, -0.1) is 0 Å². The molecule has 2 aliphatic rings. The average molecular weight is 295 g/mol. The summed E-state index contributed by atoms with van der Waals surface area (Å²) in [5.74, 6) is 4.17. The molecule has 20 heavy (non-hydrogen) atoms. The van der Waals surface area contributed by atoms with E-state index in [0.717, 1.165) is 25.3 Å². The fraction of sp³-hybridized carbons (Fsp3) is 0.941. The third-order valence-electron chi connectivity index (χ3n) is 5.15. The molecule has 0 aromatic carbocycles. The molecule has 0 heterocycles. The number of hydrogen-bond donors (Lipinski definition) is 1. The highest BCUT2D eigenvalue weighted by Crippen LogP contribution is 2.38. The monoisotopic (exact) mass is 294 g/mol. The Balaban J connectivity index is 1.71. The first-order valence-corrected chi connectivity index (χ1v) is 9.70. The van der Waals surface area contributed by atoms with E-state index in [9.17, 15) is 5.26 Å². The van der Waals surface area contributed by atoms with Crippen LogP contribution in [0.1, 0.15) is 64.7 Å². The fourth-order valence-corrected chi connectivity index (χ4v) is 5.17. The normalized spacial score (nSPS) is 30.7. The highest BCUT2D eigenvalue weighted by atomic mass is 32.2. The lowest BCUT2D eigenvalue weighted by atomic mass is 9.86. The summed E-state index contributed by atoms with van der Waals surface area (Å²) in [4.78, 5) is 0. The lowest BCUT2D eigenvalue weighted by molar-refractivity contribution is 0.311. The minimum absolute atomic E-state index is 0.204. The van der Waals surface area contributed by atoms with Crippen molar-refractivity contribution >= 4 is 11.8 Å². The van der Waals surface area contributed by atoms with E-state index in [1.165, 1.54) is 56.5 Å². The average Bonchev–Trinajstić information content (AvgIpc) is 3.11. The quantitative estimate of drug-likeness (QED) is 0.676. The number of nitrogens with one attached hydrogen (secondary N) is 1. The second-order valence-corrected chi connectivity index (χ2v) is 7.76. The van der Waals surface area contributed by atoms with Crippen LogP contribution in [0.3, 0.4) is 0 Å². The summed E-state index contributed by atoms with van der Waals surface area (Å²) >= 11 is 2.14. The maximum absolute atomic E-state index is 9.62. The SMILES string of the molecule is CCCNC1(C#N)CCCC1CCSCC1CCCC1. The Morgan fingerprint density at radius 3 is 2.75 bits per heavy atom. The van der Waals surface area contributed by atoms with E-state index in [1.807, 2.05) is 0 Å². The lowest BCUT2D eigenvalue weighted by Crippen LogP contribution is -2.47. The molecule has 2 saturated carbocycles. The van der Waals surface area contributed by atoms with Crippen molar-refractivity contribution in [1.29, 1.82) is 5.26 Å². The number of nitriles is 1. The molecule has 2 aliphatic carbocycles. The minimum atomic E-state index is -0.204. The maximum Gasteiger partial charge on any atom is 0.109 e. The van der Waals surface area contributed by atoms with Crippen LogP contribution in [0.25, 0.3) is 0 Å². The molecule has 2 fully saturated rings. The van der Waals surface area contributed by atoms with E-state index in [2.05, 4.69) is 30.1 Å². The third kappa shape index (κ3) is 4.15. The van der Waals surface area contributed by atoms with Crippen LogP contribution in [-0.2, 0) is 0 Å². The summed E-state index contributed by atoms with van der Waals surface area (Å²) in [5, 5.41) is 13.2. The molecule has 1 N–H and O–H groups in total. The van der Waals surface area contributed by atoms with Crippen LogP contribution in [0.4, 0.5) is 0 Å². The van der Waals surface area contributed by atoms with Gasteiger partial charge in [0.1, 0.15) is 5.54 Å². The minimum Gasteiger partial charge on any atom is -0.299 e. The van der Waals surface area contributed by atoms with Gasteiger partial charge in [0.05, 0.1) is 6.07 Å². The molecule has 0 radical (unpaired) electrons. The van der Waals surface area contributed by atoms with Crippen molar-refractivity contribution in [1.82, 2.24) is 5.32 Å². The van der Waals surface area contributed by atoms with E-state index < -0.39 is 0 Å². The molecule has 2 rings (SSSR count). The van der Waals surface area contributed by atoms with Crippen LogP contribution in [0.2, 0.25) is 0 Å². The van der Waals surface area contributed by atoms with Crippen LogP contribution in [0.15, 0.2) is 0 Å². The standard InChI is InChI=1S/C17H30N2S/c1-2-11-19-17(14-18)10-5-8-16(17)9-12-20-13-15-6-3-4-7-15/h15-16,19H,2-13H2,1H3. The summed E-state index contributed by atoms with van der Waals surface area (Å²) in [6.07, 6.45) is 11.7. The molecule has 2 atom stereocenters. The van der Waals surface area contributed by atoms with Gasteiger partial charge in [0, 0.05) is 0 Å².